The van der Waals surface area contributed by atoms with Gasteiger partial charge in [-0.2, -0.15) is 0 Å². The van der Waals surface area contributed by atoms with E-state index in [9.17, 15) is 4.79 Å². The average molecular weight is 741 g/mol. The van der Waals surface area contributed by atoms with Crippen molar-refractivity contribution in [2.45, 2.75) is 212 Å². The summed E-state index contributed by atoms with van der Waals surface area (Å²) in [6, 6.07) is 21.0. The number of hydrogen-bond donors (Lipinski definition) is 2. The van der Waals surface area contributed by atoms with Crippen LogP contribution in [-0.2, 0) is 0 Å². The molecule has 0 saturated carbocycles. The minimum absolute atomic E-state index is 0.0508. The van der Waals surface area contributed by atoms with Gasteiger partial charge in [-0.05, 0) is 49.3 Å². The Balaban J connectivity index is 1.40. The Morgan fingerprint density at radius 3 is 1.31 bits per heavy atom. The Kier molecular flexibility index (Phi) is 32.6. The van der Waals surface area contributed by atoms with Crippen LogP contribution in [-0.4, -0.2) is 12.6 Å². The molecule has 2 amide bonds. The summed E-state index contributed by atoms with van der Waals surface area (Å²) in [6.45, 7) is 3.05. The minimum Gasteiger partial charge on any atom is -0.338 e. The van der Waals surface area contributed by atoms with Gasteiger partial charge in [0.25, 0.3) is 0 Å². The van der Waals surface area contributed by atoms with Gasteiger partial charge in [0, 0.05) is 12.2 Å². The second-order valence-corrected chi connectivity index (χ2v) is 16.1. The zero-order valence-corrected chi connectivity index (χ0v) is 35.2. The fourth-order valence-electron chi connectivity index (χ4n) is 7.47. The van der Waals surface area contributed by atoms with Gasteiger partial charge < -0.3 is 10.6 Å². The molecule has 0 aliphatic heterocycles. The van der Waals surface area contributed by atoms with E-state index in [4.69, 9.17) is 0 Å². The number of urea groups is 1. The number of amides is 2. The van der Waals surface area contributed by atoms with E-state index >= 15 is 0 Å². The van der Waals surface area contributed by atoms with Crippen LogP contribution in [0.15, 0.2) is 72.4 Å². The van der Waals surface area contributed by atoms with Crippen LogP contribution in [0.1, 0.15) is 224 Å². The second-order valence-electron chi connectivity index (χ2n) is 16.1. The standard InChI is InChI=1S/C51H84N2O/c1-2-3-4-5-6-7-8-9-10-15-18-21-24-27-30-39-46-52-51(54)53-50(47-49-43-36-32-37-44-49)45-38-29-26-23-20-17-14-12-11-13-16-19-22-25-28-33-40-48-41-34-31-35-42-48/h31-37,40-44,47H,2-30,38-39,45-46H2,1H3,(H2,52,53,54). The van der Waals surface area contributed by atoms with Gasteiger partial charge in [0.15, 0.2) is 0 Å². The molecule has 0 aromatic heterocycles. The number of allylic oxidation sites excluding steroid dienone is 2. The van der Waals surface area contributed by atoms with Gasteiger partial charge in [-0.1, -0.05) is 253 Å². The number of unbranched alkanes of at least 4 members (excludes halogenated alkanes) is 29. The molecule has 0 atom stereocenters. The topological polar surface area (TPSA) is 41.1 Å². The average Bonchev–Trinajstić information content (AvgIpc) is 3.19. The minimum atomic E-state index is -0.0508. The van der Waals surface area contributed by atoms with Gasteiger partial charge in [-0.15, -0.1) is 0 Å². The molecule has 0 fully saturated rings. The maximum atomic E-state index is 12.8. The molecule has 0 unspecified atom stereocenters. The molecule has 0 aliphatic rings. The molecular weight excluding hydrogens is 657 g/mol. The smallest absolute Gasteiger partial charge is 0.318 e. The van der Waals surface area contributed by atoms with Crippen molar-refractivity contribution in [2.24, 2.45) is 0 Å². The zero-order valence-electron chi connectivity index (χ0n) is 35.2. The van der Waals surface area contributed by atoms with Crippen molar-refractivity contribution in [1.82, 2.24) is 10.6 Å². The SMILES string of the molecule is CCCCCCCCCCCCCCCCCCNC(=O)NC(=Cc1ccccc1)CCCCCCCCCCCCCCCCC=Cc1ccccc1. The summed E-state index contributed by atoms with van der Waals surface area (Å²) in [6.07, 6.45) is 49.6. The molecule has 2 aromatic rings. The monoisotopic (exact) mass is 741 g/mol. The van der Waals surface area contributed by atoms with Gasteiger partial charge in [0.2, 0.25) is 0 Å². The second kappa shape index (κ2) is 37.1. The lowest BCUT2D eigenvalue weighted by Gasteiger charge is -2.12. The molecule has 0 bridgehead atoms. The highest BCUT2D eigenvalue weighted by Crippen LogP contribution is 2.17. The van der Waals surface area contributed by atoms with E-state index in [0.29, 0.717) is 0 Å². The molecule has 0 aliphatic carbocycles. The Bertz CT molecular complexity index is 1140. The third-order valence-corrected chi connectivity index (χ3v) is 10.9. The zero-order chi connectivity index (χ0) is 38.3. The van der Waals surface area contributed by atoms with Crippen molar-refractivity contribution in [3.8, 4) is 0 Å². The molecule has 54 heavy (non-hydrogen) atoms. The molecule has 2 rings (SSSR count). The highest BCUT2D eigenvalue weighted by molar-refractivity contribution is 5.77. The molecular formula is C51H84N2O. The Morgan fingerprint density at radius 2 is 0.852 bits per heavy atom. The summed E-state index contributed by atoms with van der Waals surface area (Å²) in [7, 11) is 0. The van der Waals surface area contributed by atoms with E-state index in [-0.39, 0.29) is 6.03 Å². The van der Waals surface area contributed by atoms with Crippen LogP contribution in [0, 0.1) is 0 Å². The molecule has 2 N–H and O–H groups in total. The Hall–Kier alpha value is -2.81. The lowest BCUT2D eigenvalue weighted by Crippen LogP contribution is -2.35. The number of carbonyl (C=O) groups is 1. The predicted octanol–water partition coefficient (Wildman–Crippen LogP) is 16.5. The summed E-state index contributed by atoms with van der Waals surface area (Å²) in [4.78, 5) is 12.8. The maximum Gasteiger partial charge on any atom is 0.318 e. The summed E-state index contributed by atoms with van der Waals surface area (Å²) in [5, 5.41) is 6.31. The first kappa shape index (κ1) is 47.3. The number of rotatable bonds is 37. The van der Waals surface area contributed by atoms with Gasteiger partial charge in [0.05, 0.1) is 0 Å². The normalized spacial score (nSPS) is 11.8. The van der Waals surface area contributed by atoms with Crippen LogP contribution < -0.4 is 10.6 Å². The Morgan fingerprint density at radius 1 is 0.463 bits per heavy atom. The van der Waals surface area contributed by atoms with E-state index in [1.807, 2.05) is 6.07 Å². The van der Waals surface area contributed by atoms with Crippen LogP contribution in [0.2, 0.25) is 0 Å². The molecule has 0 spiro atoms. The number of hydrogen-bond acceptors (Lipinski definition) is 1. The molecule has 3 nitrogen and oxygen atoms in total. The summed E-state index contributed by atoms with van der Waals surface area (Å²) in [5.41, 5.74) is 3.49. The molecule has 0 saturated heterocycles. The van der Waals surface area contributed by atoms with Crippen LogP contribution >= 0.6 is 0 Å². The van der Waals surface area contributed by atoms with Crippen molar-refractivity contribution in [1.29, 1.82) is 0 Å². The predicted molar refractivity (Wildman–Crippen MR) is 240 cm³/mol. The molecule has 3 heteroatoms. The van der Waals surface area contributed by atoms with Crippen molar-refractivity contribution >= 4 is 18.2 Å². The molecule has 0 radical (unpaired) electrons. The number of benzene rings is 2. The first-order chi connectivity index (χ1) is 26.8. The van der Waals surface area contributed by atoms with Gasteiger partial charge >= 0.3 is 6.03 Å². The number of carbonyl (C=O) groups excluding carboxylic acids is 1. The molecule has 304 valence electrons. The summed E-state index contributed by atoms with van der Waals surface area (Å²) < 4.78 is 0. The van der Waals surface area contributed by atoms with Gasteiger partial charge in [0.1, 0.15) is 0 Å². The highest BCUT2D eigenvalue weighted by atomic mass is 16.2. The van der Waals surface area contributed by atoms with Crippen molar-refractivity contribution < 1.29 is 4.79 Å². The van der Waals surface area contributed by atoms with Crippen molar-refractivity contribution in [2.75, 3.05) is 6.54 Å². The fourth-order valence-corrected chi connectivity index (χ4v) is 7.47. The van der Waals surface area contributed by atoms with E-state index < -0.39 is 0 Å². The van der Waals surface area contributed by atoms with Crippen molar-refractivity contribution in [3.63, 3.8) is 0 Å². The maximum absolute atomic E-state index is 12.8. The Labute approximate surface area is 335 Å². The lowest BCUT2D eigenvalue weighted by atomic mass is 10.0. The quantitative estimate of drug-likeness (QED) is 0.0666. The summed E-state index contributed by atoms with van der Waals surface area (Å²) in [5.74, 6) is 0. The lowest BCUT2D eigenvalue weighted by molar-refractivity contribution is 0.243. The van der Waals surface area contributed by atoms with E-state index in [2.05, 4.69) is 90.4 Å². The van der Waals surface area contributed by atoms with E-state index in [1.54, 1.807) is 0 Å². The summed E-state index contributed by atoms with van der Waals surface area (Å²) >= 11 is 0. The van der Waals surface area contributed by atoms with Gasteiger partial charge in [-0.25, -0.2) is 4.79 Å². The van der Waals surface area contributed by atoms with E-state index in [0.717, 1.165) is 37.1 Å². The first-order valence-corrected chi connectivity index (χ1v) is 23.3. The fraction of sp³-hybridized carbons (Fsp3) is 0.667. The van der Waals surface area contributed by atoms with E-state index in [1.165, 1.54) is 192 Å². The van der Waals surface area contributed by atoms with Gasteiger partial charge in [-0.3, -0.25) is 0 Å². The van der Waals surface area contributed by atoms with Crippen LogP contribution in [0.3, 0.4) is 0 Å². The number of nitrogens with one attached hydrogen (secondary N) is 2. The third kappa shape index (κ3) is 30.5. The van der Waals surface area contributed by atoms with Crippen molar-refractivity contribution in [3.05, 3.63) is 83.6 Å². The highest BCUT2D eigenvalue weighted by Gasteiger charge is 2.05. The first-order valence-electron chi connectivity index (χ1n) is 23.3. The van der Waals surface area contributed by atoms with Crippen LogP contribution in [0.4, 0.5) is 4.79 Å². The third-order valence-electron chi connectivity index (χ3n) is 10.9. The molecule has 0 heterocycles. The van der Waals surface area contributed by atoms with Crippen LogP contribution in [0.5, 0.6) is 0 Å². The largest absolute Gasteiger partial charge is 0.338 e. The van der Waals surface area contributed by atoms with Crippen LogP contribution in [0.25, 0.3) is 12.2 Å². The molecule has 2 aromatic carbocycles.